The average Bonchev–Trinajstić information content (AvgIpc) is 2.46. The Labute approximate surface area is 125 Å². The van der Waals surface area contributed by atoms with Crippen molar-refractivity contribution in [1.82, 2.24) is 0 Å². The predicted molar refractivity (Wildman–Crippen MR) is 79.5 cm³/mol. The number of hydrogen-bond donors (Lipinski definition) is 0. The van der Waals surface area contributed by atoms with Gasteiger partial charge in [-0.1, -0.05) is 28.9 Å². The SMILES string of the molecule is CCC(=O)c1ccc(OCc2ccc(F)cc2Br)cc1. The van der Waals surface area contributed by atoms with Crippen LogP contribution in [-0.2, 0) is 6.61 Å². The van der Waals surface area contributed by atoms with E-state index < -0.39 is 0 Å². The Morgan fingerprint density at radius 3 is 2.50 bits per heavy atom. The summed E-state index contributed by atoms with van der Waals surface area (Å²) >= 11 is 3.30. The molecule has 0 bridgehead atoms. The lowest BCUT2D eigenvalue weighted by molar-refractivity contribution is 0.0988. The molecular formula is C16H14BrFO2. The van der Waals surface area contributed by atoms with Gasteiger partial charge in [0.25, 0.3) is 0 Å². The van der Waals surface area contributed by atoms with Gasteiger partial charge in [0, 0.05) is 22.0 Å². The summed E-state index contributed by atoms with van der Waals surface area (Å²) in [7, 11) is 0. The number of benzene rings is 2. The van der Waals surface area contributed by atoms with Gasteiger partial charge in [-0.2, -0.15) is 0 Å². The molecule has 2 aromatic carbocycles. The zero-order chi connectivity index (χ0) is 14.5. The van der Waals surface area contributed by atoms with Crippen molar-refractivity contribution in [2.24, 2.45) is 0 Å². The fourth-order valence-corrected chi connectivity index (χ4v) is 2.21. The number of carbonyl (C=O) groups excluding carboxylic acids is 1. The summed E-state index contributed by atoms with van der Waals surface area (Å²) in [5, 5.41) is 0. The molecule has 2 rings (SSSR count). The summed E-state index contributed by atoms with van der Waals surface area (Å²) in [6.45, 7) is 2.17. The second-order valence-electron chi connectivity index (χ2n) is 4.33. The van der Waals surface area contributed by atoms with Crippen LogP contribution in [0, 0.1) is 5.82 Å². The van der Waals surface area contributed by atoms with Crippen LogP contribution in [0.3, 0.4) is 0 Å². The minimum Gasteiger partial charge on any atom is -0.489 e. The van der Waals surface area contributed by atoms with Crippen LogP contribution in [0.4, 0.5) is 4.39 Å². The van der Waals surface area contributed by atoms with Crippen LogP contribution in [0.5, 0.6) is 5.75 Å². The second kappa shape index (κ2) is 6.66. The number of carbonyl (C=O) groups is 1. The van der Waals surface area contributed by atoms with Gasteiger partial charge in [0.15, 0.2) is 5.78 Å². The van der Waals surface area contributed by atoms with E-state index in [0.29, 0.717) is 28.8 Å². The molecule has 0 spiro atoms. The first kappa shape index (κ1) is 14.7. The molecule has 2 nitrogen and oxygen atoms in total. The molecule has 0 fully saturated rings. The fourth-order valence-electron chi connectivity index (χ4n) is 1.74. The van der Waals surface area contributed by atoms with Crippen molar-refractivity contribution in [2.45, 2.75) is 20.0 Å². The van der Waals surface area contributed by atoms with Crippen molar-refractivity contribution >= 4 is 21.7 Å². The Morgan fingerprint density at radius 2 is 1.90 bits per heavy atom. The van der Waals surface area contributed by atoms with E-state index in [9.17, 15) is 9.18 Å². The van der Waals surface area contributed by atoms with Gasteiger partial charge in [-0.3, -0.25) is 4.79 Å². The van der Waals surface area contributed by atoms with Crippen LogP contribution < -0.4 is 4.74 Å². The lowest BCUT2D eigenvalue weighted by atomic mass is 10.1. The summed E-state index contributed by atoms with van der Waals surface area (Å²) in [6.07, 6.45) is 0.489. The molecule has 0 aliphatic heterocycles. The third-order valence-corrected chi connectivity index (χ3v) is 3.65. The maximum Gasteiger partial charge on any atom is 0.162 e. The highest BCUT2D eigenvalue weighted by atomic mass is 79.9. The van der Waals surface area contributed by atoms with E-state index >= 15 is 0 Å². The quantitative estimate of drug-likeness (QED) is 0.736. The van der Waals surface area contributed by atoms with Crippen LogP contribution in [0.2, 0.25) is 0 Å². The molecule has 0 atom stereocenters. The molecule has 0 aliphatic rings. The molecule has 0 unspecified atom stereocenters. The summed E-state index contributed by atoms with van der Waals surface area (Å²) < 4.78 is 19.3. The van der Waals surface area contributed by atoms with Gasteiger partial charge >= 0.3 is 0 Å². The zero-order valence-electron chi connectivity index (χ0n) is 11.0. The van der Waals surface area contributed by atoms with Crippen LogP contribution >= 0.6 is 15.9 Å². The molecule has 0 amide bonds. The maximum absolute atomic E-state index is 13.0. The molecule has 0 aromatic heterocycles. The number of Topliss-reactive ketones (excluding diaryl/α,β-unsaturated/α-hetero) is 1. The van der Waals surface area contributed by atoms with E-state index in [1.165, 1.54) is 12.1 Å². The van der Waals surface area contributed by atoms with Gasteiger partial charge in [-0.05, 0) is 36.4 Å². The highest BCUT2D eigenvalue weighted by Crippen LogP contribution is 2.21. The minimum absolute atomic E-state index is 0.109. The van der Waals surface area contributed by atoms with Crippen molar-refractivity contribution in [3.8, 4) is 5.75 Å². The highest BCUT2D eigenvalue weighted by Gasteiger charge is 2.05. The molecule has 0 N–H and O–H groups in total. The normalized spacial score (nSPS) is 10.3. The van der Waals surface area contributed by atoms with Crippen LogP contribution in [0.15, 0.2) is 46.9 Å². The fraction of sp³-hybridized carbons (Fsp3) is 0.188. The largest absolute Gasteiger partial charge is 0.489 e. The lowest BCUT2D eigenvalue weighted by Gasteiger charge is -2.08. The van der Waals surface area contributed by atoms with Gasteiger partial charge in [-0.25, -0.2) is 4.39 Å². The molecular weight excluding hydrogens is 323 g/mol. The molecule has 0 saturated heterocycles. The molecule has 0 heterocycles. The smallest absolute Gasteiger partial charge is 0.162 e. The first-order valence-corrected chi connectivity index (χ1v) is 7.09. The van der Waals surface area contributed by atoms with Crippen molar-refractivity contribution in [2.75, 3.05) is 0 Å². The zero-order valence-corrected chi connectivity index (χ0v) is 12.6. The number of halogens is 2. The number of ketones is 1. The molecule has 104 valence electrons. The molecule has 4 heteroatoms. The van der Waals surface area contributed by atoms with Gasteiger partial charge in [0.05, 0.1) is 0 Å². The molecule has 0 saturated carbocycles. The minimum atomic E-state index is -0.289. The molecule has 20 heavy (non-hydrogen) atoms. The van der Waals surface area contributed by atoms with Crippen LogP contribution in [-0.4, -0.2) is 5.78 Å². The van der Waals surface area contributed by atoms with E-state index in [0.717, 1.165) is 5.56 Å². The van der Waals surface area contributed by atoms with Crippen LogP contribution in [0.1, 0.15) is 29.3 Å². The van der Waals surface area contributed by atoms with Crippen molar-refractivity contribution in [3.05, 3.63) is 63.9 Å². The van der Waals surface area contributed by atoms with Crippen molar-refractivity contribution in [1.29, 1.82) is 0 Å². The Balaban J connectivity index is 2.02. The Kier molecular flexibility index (Phi) is 4.90. The summed E-state index contributed by atoms with van der Waals surface area (Å²) in [6, 6.07) is 11.5. The number of rotatable bonds is 5. The summed E-state index contributed by atoms with van der Waals surface area (Å²) in [5.74, 6) is 0.495. The molecule has 0 aliphatic carbocycles. The third-order valence-electron chi connectivity index (χ3n) is 2.91. The number of hydrogen-bond acceptors (Lipinski definition) is 2. The lowest BCUT2D eigenvalue weighted by Crippen LogP contribution is -1.99. The van der Waals surface area contributed by atoms with Crippen LogP contribution in [0.25, 0.3) is 0 Å². The molecule has 0 radical (unpaired) electrons. The van der Waals surface area contributed by atoms with E-state index in [1.807, 2.05) is 6.92 Å². The van der Waals surface area contributed by atoms with Crippen molar-refractivity contribution < 1.29 is 13.9 Å². The standard InChI is InChI=1S/C16H14BrFO2/c1-2-16(19)11-4-7-14(8-5-11)20-10-12-3-6-13(18)9-15(12)17/h3-9H,2,10H2,1H3. The second-order valence-corrected chi connectivity index (χ2v) is 5.18. The van der Waals surface area contributed by atoms with E-state index in [2.05, 4.69) is 15.9 Å². The van der Waals surface area contributed by atoms with Gasteiger partial charge < -0.3 is 4.74 Å². The average molecular weight is 337 g/mol. The highest BCUT2D eigenvalue weighted by molar-refractivity contribution is 9.10. The van der Waals surface area contributed by atoms with E-state index in [1.54, 1.807) is 30.3 Å². The van der Waals surface area contributed by atoms with E-state index in [4.69, 9.17) is 4.74 Å². The number of ether oxygens (including phenoxy) is 1. The topological polar surface area (TPSA) is 26.3 Å². The summed E-state index contributed by atoms with van der Waals surface area (Å²) in [4.78, 5) is 11.5. The molecule has 2 aromatic rings. The Morgan fingerprint density at radius 1 is 1.20 bits per heavy atom. The first-order valence-electron chi connectivity index (χ1n) is 6.30. The Bertz CT molecular complexity index is 608. The summed E-state index contributed by atoms with van der Waals surface area (Å²) in [5.41, 5.74) is 1.54. The third kappa shape index (κ3) is 3.67. The van der Waals surface area contributed by atoms with Crippen molar-refractivity contribution in [3.63, 3.8) is 0 Å². The first-order chi connectivity index (χ1) is 9.60. The van der Waals surface area contributed by atoms with E-state index in [-0.39, 0.29) is 11.6 Å². The Hall–Kier alpha value is -1.68. The monoisotopic (exact) mass is 336 g/mol. The van der Waals surface area contributed by atoms with Gasteiger partial charge in [0.1, 0.15) is 18.2 Å². The maximum atomic E-state index is 13.0. The predicted octanol–water partition coefficient (Wildman–Crippen LogP) is 4.76. The van der Waals surface area contributed by atoms with Gasteiger partial charge in [-0.15, -0.1) is 0 Å². The van der Waals surface area contributed by atoms with Gasteiger partial charge in [0.2, 0.25) is 0 Å².